The normalized spacial score (nSPS) is 10.4. The molecule has 84 valence electrons. The third kappa shape index (κ3) is 3.47. The molecular formula is C9H14Cl2N4. The van der Waals surface area contributed by atoms with Crippen LogP contribution in [-0.4, -0.2) is 28.3 Å². The molecule has 1 aromatic rings. The summed E-state index contributed by atoms with van der Waals surface area (Å²) in [6.45, 7) is 5.92. The van der Waals surface area contributed by atoms with Crippen LogP contribution in [0.25, 0.3) is 0 Å². The van der Waals surface area contributed by atoms with E-state index >= 15 is 0 Å². The molecule has 0 aromatic carbocycles. The molecule has 0 N–H and O–H groups in total. The smallest absolute Gasteiger partial charge is 0.245 e. The molecule has 0 amide bonds. The molecule has 0 aliphatic carbocycles. The lowest BCUT2D eigenvalue weighted by Crippen LogP contribution is -2.25. The fourth-order valence-electron chi connectivity index (χ4n) is 1.25. The Labute approximate surface area is 99.6 Å². The van der Waals surface area contributed by atoms with Gasteiger partial charge in [-0.05, 0) is 24.9 Å². The summed E-state index contributed by atoms with van der Waals surface area (Å²) in [7, 11) is 0. The number of nitrogens with zero attached hydrogens (tertiary/aromatic N) is 4. The van der Waals surface area contributed by atoms with Crippen LogP contribution in [0.1, 0.15) is 26.7 Å². The zero-order chi connectivity index (χ0) is 11.3. The van der Waals surface area contributed by atoms with Gasteiger partial charge in [0.25, 0.3) is 0 Å². The van der Waals surface area contributed by atoms with Crippen molar-refractivity contribution in [3.8, 4) is 0 Å². The number of aromatic nitrogens is 3. The summed E-state index contributed by atoms with van der Waals surface area (Å²) in [5, 5.41) is 7.75. The fraction of sp³-hybridized carbons (Fsp3) is 0.667. The Balaban J connectivity index is 2.85. The van der Waals surface area contributed by atoms with Gasteiger partial charge in [0.15, 0.2) is 11.0 Å². The van der Waals surface area contributed by atoms with E-state index in [-0.39, 0.29) is 5.28 Å². The largest absolute Gasteiger partial charge is 0.354 e. The molecule has 1 aromatic heterocycles. The summed E-state index contributed by atoms with van der Waals surface area (Å²) in [5.74, 6) is 0.618. The van der Waals surface area contributed by atoms with Crippen molar-refractivity contribution in [2.75, 3.05) is 18.0 Å². The van der Waals surface area contributed by atoms with Crippen molar-refractivity contribution in [1.82, 2.24) is 15.2 Å². The molecule has 0 atom stereocenters. The number of halogens is 2. The third-order valence-corrected chi connectivity index (χ3v) is 2.47. The highest BCUT2D eigenvalue weighted by Gasteiger charge is 2.12. The zero-order valence-corrected chi connectivity index (χ0v) is 10.4. The molecule has 0 saturated heterocycles. The first kappa shape index (κ1) is 12.5. The van der Waals surface area contributed by atoms with Crippen LogP contribution >= 0.6 is 23.2 Å². The molecular weight excluding hydrogens is 235 g/mol. The van der Waals surface area contributed by atoms with Crippen LogP contribution in [0.15, 0.2) is 0 Å². The van der Waals surface area contributed by atoms with Crippen LogP contribution in [0.2, 0.25) is 10.4 Å². The van der Waals surface area contributed by atoms with Crippen LogP contribution in [0.3, 0.4) is 0 Å². The van der Waals surface area contributed by atoms with E-state index in [9.17, 15) is 0 Å². The molecule has 0 aliphatic heterocycles. The molecule has 6 heteroatoms. The van der Waals surface area contributed by atoms with Gasteiger partial charge in [0.2, 0.25) is 5.28 Å². The van der Waals surface area contributed by atoms with E-state index in [2.05, 4.69) is 22.1 Å². The standard InChI is InChI=1S/C9H14Cl2N4/c1-3-5-6-15(4-2)8-7(10)13-14-9(11)12-8/h3-6H2,1-2H3. The van der Waals surface area contributed by atoms with Crippen molar-refractivity contribution < 1.29 is 0 Å². The first-order chi connectivity index (χ1) is 7.19. The number of hydrogen-bond acceptors (Lipinski definition) is 4. The lowest BCUT2D eigenvalue weighted by Gasteiger charge is -2.21. The first-order valence-electron chi connectivity index (χ1n) is 4.99. The van der Waals surface area contributed by atoms with Gasteiger partial charge < -0.3 is 4.90 Å². The average Bonchev–Trinajstić information content (AvgIpc) is 2.24. The van der Waals surface area contributed by atoms with Crippen molar-refractivity contribution in [2.24, 2.45) is 0 Å². The number of hydrogen-bond donors (Lipinski definition) is 0. The molecule has 0 radical (unpaired) electrons. The molecule has 0 spiro atoms. The molecule has 0 bridgehead atoms. The van der Waals surface area contributed by atoms with Crippen molar-refractivity contribution >= 4 is 29.0 Å². The quantitative estimate of drug-likeness (QED) is 0.804. The van der Waals surface area contributed by atoms with Crippen LogP contribution in [0, 0.1) is 0 Å². The van der Waals surface area contributed by atoms with Crippen LogP contribution in [0.4, 0.5) is 5.82 Å². The van der Waals surface area contributed by atoms with E-state index in [1.54, 1.807) is 0 Å². The van der Waals surface area contributed by atoms with Gasteiger partial charge in [-0.1, -0.05) is 24.9 Å². The molecule has 0 fully saturated rings. The van der Waals surface area contributed by atoms with E-state index in [4.69, 9.17) is 23.2 Å². The molecule has 4 nitrogen and oxygen atoms in total. The fourth-order valence-corrected chi connectivity index (χ4v) is 1.57. The molecule has 1 heterocycles. The van der Waals surface area contributed by atoms with E-state index in [0.29, 0.717) is 11.0 Å². The Hall–Kier alpha value is -0.610. The van der Waals surface area contributed by atoms with Gasteiger partial charge in [-0.2, -0.15) is 4.98 Å². The van der Waals surface area contributed by atoms with Gasteiger partial charge in [0.05, 0.1) is 0 Å². The molecule has 0 saturated carbocycles. The Morgan fingerprint density at radius 3 is 2.53 bits per heavy atom. The van der Waals surface area contributed by atoms with E-state index in [1.807, 2.05) is 11.8 Å². The van der Waals surface area contributed by atoms with Crippen LogP contribution < -0.4 is 4.90 Å². The van der Waals surface area contributed by atoms with Crippen LogP contribution in [0.5, 0.6) is 0 Å². The summed E-state index contributed by atoms with van der Waals surface area (Å²) in [6.07, 6.45) is 2.21. The predicted octanol–water partition coefficient (Wildman–Crippen LogP) is 2.80. The molecule has 1 rings (SSSR count). The maximum Gasteiger partial charge on any atom is 0.245 e. The third-order valence-electron chi connectivity index (χ3n) is 2.07. The SMILES string of the molecule is CCCCN(CC)c1nc(Cl)nnc1Cl. The maximum atomic E-state index is 5.91. The summed E-state index contributed by atoms with van der Waals surface area (Å²) < 4.78 is 0. The highest BCUT2D eigenvalue weighted by atomic mass is 35.5. The second-order valence-corrected chi connectivity index (χ2v) is 3.82. The average molecular weight is 249 g/mol. The molecule has 15 heavy (non-hydrogen) atoms. The van der Waals surface area contributed by atoms with Crippen LogP contribution in [-0.2, 0) is 0 Å². The summed E-state index contributed by atoms with van der Waals surface area (Å²) >= 11 is 11.6. The maximum absolute atomic E-state index is 5.91. The number of anilines is 1. The summed E-state index contributed by atoms with van der Waals surface area (Å²) in [6, 6.07) is 0. The van der Waals surface area contributed by atoms with Gasteiger partial charge in [0.1, 0.15) is 0 Å². The Bertz CT molecular complexity index is 319. The van der Waals surface area contributed by atoms with Crippen molar-refractivity contribution in [3.05, 3.63) is 10.4 Å². The van der Waals surface area contributed by atoms with Gasteiger partial charge in [-0.3, -0.25) is 0 Å². The van der Waals surface area contributed by atoms with Gasteiger partial charge in [0, 0.05) is 13.1 Å². The minimum Gasteiger partial charge on any atom is -0.354 e. The van der Waals surface area contributed by atoms with Gasteiger partial charge in [-0.25, -0.2) is 0 Å². The van der Waals surface area contributed by atoms with E-state index < -0.39 is 0 Å². The lowest BCUT2D eigenvalue weighted by molar-refractivity contribution is 0.718. The van der Waals surface area contributed by atoms with E-state index in [1.165, 1.54) is 0 Å². The minimum atomic E-state index is 0.129. The molecule has 0 unspecified atom stereocenters. The van der Waals surface area contributed by atoms with Crippen molar-refractivity contribution in [2.45, 2.75) is 26.7 Å². The Kier molecular flexibility index (Phi) is 5.05. The summed E-state index contributed by atoms with van der Waals surface area (Å²) in [4.78, 5) is 6.13. The second kappa shape index (κ2) is 6.08. The number of rotatable bonds is 5. The van der Waals surface area contributed by atoms with Crippen molar-refractivity contribution in [3.63, 3.8) is 0 Å². The highest BCUT2D eigenvalue weighted by Crippen LogP contribution is 2.21. The van der Waals surface area contributed by atoms with E-state index in [0.717, 1.165) is 25.9 Å². The van der Waals surface area contributed by atoms with Gasteiger partial charge in [-0.15, -0.1) is 10.2 Å². The van der Waals surface area contributed by atoms with Crippen molar-refractivity contribution in [1.29, 1.82) is 0 Å². The topological polar surface area (TPSA) is 41.9 Å². The number of unbranched alkanes of at least 4 members (excludes halogenated alkanes) is 1. The second-order valence-electron chi connectivity index (χ2n) is 3.13. The zero-order valence-electron chi connectivity index (χ0n) is 8.87. The predicted molar refractivity (Wildman–Crippen MR) is 62.6 cm³/mol. The summed E-state index contributed by atoms with van der Waals surface area (Å²) in [5.41, 5.74) is 0. The Morgan fingerprint density at radius 2 is 1.93 bits per heavy atom. The Morgan fingerprint density at radius 1 is 1.20 bits per heavy atom. The minimum absolute atomic E-state index is 0.129. The first-order valence-corrected chi connectivity index (χ1v) is 5.75. The monoisotopic (exact) mass is 248 g/mol. The lowest BCUT2D eigenvalue weighted by atomic mass is 10.3. The molecule has 0 aliphatic rings. The van der Waals surface area contributed by atoms with Gasteiger partial charge >= 0.3 is 0 Å². The highest BCUT2D eigenvalue weighted by molar-refractivity contribution is 6.32.